The Morgan fingerprint density at radius 1 is 1.00 bits per heavy atom. The standard InChI is InChI=1S/C18H20N2.BrH/c1-14-6-8-15(9-7-14)12-19-11-10-16-13-20-18-5-3-2-4-17(16)18;/h2-9,13,19-20H,10-12H2,1H3;1H. The molecule has 0 atom stereocenters. The lowest BCUT2D eigenvalue weighted by molar-refractivity contribution is 0.688. The number of fused-ring (bicyclic) bond motifs is 1. The first kappa shape index (κ1) is 15.8. The SMILES string of the molecule is Br.Cc1ccc(CNCCc2c[nH]c3ccccc23)cc1. The van der Waals surface area contributed by atoms with Crippen molar-refractivity contribution in [1.29, 1.82) is 0 Å². The van der Waals surface area contributed by atoms with E-state index in [4.69, 9.17) is 0 Å². The first-order valence-corrected chi connectivity index (χ1v) is 7.14. The van der Waals surface area contributed by atoms with Crippen LogP contribution >= 0.6 is 17.0 Å². The molecule has 3 rings (SSSR count). The Labute approximate surface area is 136 Å². The van der Waals surface area contributed by atoms with Crippen LogP contribution in [0.2, 0.25) is 0 Å². The molecule has 3 aromatic rings. The number of rotatable bonds is 5. The highest BCUT2D eigenvalue weighted by Crippen LogP contribution is 2.17. The minimum atomic E-state index is 0. The highest BCUT2D eigenvalue weighted by atomic mass is 79.9. The number of benzene rings is 2. The van der Waals surface area contributed by atoms with Gasteiger partial charge in [-0.15, -0.1) is 17.0 Å². The van der Waals surface area contributed by atoms with E-state index >= 15 is 0 Å². The molecule has 2 nitrogen and oxygen atoms in total. The second kappa shape index (κ2) is 7.43. The van der Waals surface area contributed by atoms with Crippen molar-refractivity contribution in [1.82, 2.24) is 10.3 Å². The number of hydrogen-bond acceptors (Lipinski definition) is 1. The molecule has 0 unspecified atom stereocenters. The van der Waals surface area contributed by atoms with E-state index in [-0.39, 0.29) is 17.0 Å². The lowest BCUT2D eigenvalue weighted by Gasteiger charge is -2.05. The summed E-state index contributed by atoms with van der Waals surface area (Å²) in [6, 6.07) is 17.2. The van der Waals surface area contributed by atoms with Gasteiger partial charge in [-0.05, 0) is 37.1 Å². The van der Waals surface area contributed by atoms with Crippen molar-refractivity contribution in [3.63, 3.8) is 0 Å². The van der Waals surface area contributed by atoms with E-state index < -0.39 is 0 Å². The van der Waals surface area contributed by atoms with Crippen LogP contribution in [-0.4, -0.2) is 11.5 Å². The van der Waals surface area contributed by atoms with E-state index in [2.05, 4.69) is 72.0 Å². The average Bonchev–Trinajstić information content (AvgIpc) is 2.89. The summed E-state index contributed by atoms with van der Waals surface area (Å²) >= 11 is 0. The number of halogens is 1. The summed E-state index contributed by atoms with van der Waals surface area (Å²) in [4.78, 5) is 3.33. The largest absolute Gasteiger partial charge is 0.361 e. The first-order valence-electron chi connectivity index (χ1n) is 7.14. The van der Waals surface area contributed by atoms with Crippen LogP contribution in [0.25, 0.3) is 10.9 Å². The Hall–Kier alpha value is -1.58. The van der Waals surface area contributed by atoms with E-state index in [1.165, 1.54) is 27.6 Å². The summed E-state index contributed by atoms with van der Waals surface area (Å²) in [6.07, 6.45) is 3.17. The molecular weight excluding hydrogens is 324 g/mol. The maximum atomic E-state index is 3.51. The minimum Gasteiger partial charge on any atom is -0.361 e. The summed E-state index contributed by atoms with van der Waals surface area (Å²) < 4.78 is 0. The van der Waals surface area contributed by atoms with Crippen molar-refractivity contribution in [3.05, 3.63) is 71.4 Å². The van der Waals surface area contributed by atoms with Crippen molar-refractivity contribution >= 4 is 27.9 Å². The second-order valence-corrected chi connectivity index (χ2v) is 5.27. The van der Waals surface area contributed by atoms with Crippen LogP contribution in [-0.2, 0) is 13.0 Å². The molecule has 2 N–H and O–H groups in total. The maximum Gasteiger partial charge on any atom is 0.0456 e. The van der Waals surface area contributed by atoms with Gasteiger partial charge in [0.25, 0.3) is 0 Å². The molecule has 2 aromatic carbocycles. The van der Waals surface area contributed by atoms with Gasteiger partial charge in [-0.1, -0.05) is 48.0 Å². The third-order valence-corrected chi connectivity index (χ3v) is 3.70. The zero-order chi connectivity index (χ0) is 13.8. The first-order chi connectivity index (χ1) is 9.83. The summed E-state index contributed by atoms with van der Waals surface area (Å²) in [5, 5.41) is 4.85. The molecule has 0 saturated heterocycles. The van der Waals surface area contributed by atoms with Crippen LogP contribution in [0.4, 0.5) is 0 Å². The second-order valence-electron chi connectivity index (χ2n) is 5.27. The molecule has 1 heterocycles. The van der Waals surface area contributed by atoms with E-state index in [1.54, 1.807) is 0 Å². The molecule has 3 heteroatoms. The van der Waals surface area contributed by atoms with E-state index in [9.17, 15) is 0 Å². The van der Waals surface area contributed by atoms with Gasteiger partial charge >= 0.3 is 0 Å². The van der Waals surface area contributed by atoms with Crippen LogP contribution in [0.3, 0.4) is 0 Å². The van der Waals surface area contributed by atoms with Gasteiger partial charge in [-0.2, -0.15) is 0 Å². The Kier molecular flexibility index (Phi) is 5.59. The summed E-state index contributed by atoms with van der Waals surface area (Å²) in [7, 11) is 0. The minimum absolute atomic E-state index is 0. The van der Waals surface area contributed by atoms with Gasteiger partial charge in [0.05, 0.1) is 0 Å². The van der Waals surface area contributed by atoms with Crippen molar-refractivity contribution in [3.8, 4) is 0 Å². The number of nitrogens with one attached hydrogen (secondary N) is 2. The fourth-order valence-corrected chi connectivity index (χ4v) is 2.50. The Bertz CT molecular complexity index is 686. The van der Waals surface area contributed by atoms with Crippen LogP contribution in [0, 0.1) is 6.92 Å². The summed E-state index contributed by atoms with van der Waals surface area (Å²) in [5.41, 5.74) is 5.26. The van der Waals surface area contributed by atoms with Crippen molar-refractivity contribution in [2.24, 2.45) is 0 Å². The van der Waals surface area contributed by atoms with Crippen LogP contribution < -0.4 is 5.32 Å². The molecule has 0 fully saturated rings. The normalized spacial score (nSPS) is 10.5. The molecule has 0 bridgehead atoms. The molecule has 0 radical (unpaired) electrons. The van der Waals surface area contributed by atoms with Gasteiger partial charge in [0.1, 0.15) is 0 Å². The molecule has 0 amide bonds. The Morgan fingerprint density at radius 2 is 1.76 bits per heavy atom. The quantitative estimate of drug-likeness (QED) is 0.660. The van der Waals surface area contributed by atoms with E-state index in [1.807, 2.05) is 0 Å². The lowest BCUT2D eigenvalue weighted by atomic mass is 10.1. The maximum absolute atomic E-state index is 3.51. The van der Waals surface area contributed by atoms with Crippen LogP contribution in [0.5, 0.6) is 0 Å². The topological polar surface area (TPSA) is 27.8 Å². The van der Waals surface area contributed by atoms with Gasteiger partial charge in [-0.25, -0.2) is 0 Å². The Morgan fingerprint density at radius 3 is 2.57 bits per heavy atom. The Balaban J connectivity index is 0.00000161. The van der Waals surface area contributed by atoms with Crippen molar-refractivity contribution in [2.45, 2.75) is 19.9 Å². The van der Waals surface area contributed by atoms with Gasteiger partial charge in [0, 0.05) is 23.6 Å². The molecule has 21 heavy (non-hydrogen) atoms. The molecule has 0 aliphatic heterocycles. The highest BCUT2D eigenvalue weighted by molar-refractivity contribution is 8.93. The predicted octanol–water partition coefficient (Wildman–Crippen LogP) is 4.39. The third kappa shape index (κ3) is 3.96. The molecular formula is C18H21BrN2. The molecule has 0 aliphatic carbocycles. The van der Waals surface area contributed by atoms with Gasteiger partial charge in [0.2, 0.25) is 0 Å². The van der Waals surface area contributed by atoms with Gasteiger partial charge in [-0.3, -0.25) is 0 Å². The number of aromatic nitrogens is 1. The van der Waals surface area contributed by atoms with E-state index in [0.717, 1.165) is 19.5 Å². The number of H-pyrrole nitrogens is 1. The summed E-state index contributed by atoms with van der Waals surface area (Å²) in [6.45, 7) is 4.05. The molecule has 0 aliphatic rings. The number of aromatic amines is 1. The summed E-state index contributed by atoms with van der Waals surface area (Å²) in [5.74, 6) is 0. The number of aryl methyl sites for hydroxylation is 1. The molecule has 110 valence electrons. The van der Waals surface area contributed by atoms with Gasteiger partial charge < -0.3 is 10.3 Å². The fraction of sp³-hybridized carbons (Fsp3) is 0.222. The van der Waals surface area contributed by atoms with Crippen molar-refractivity contribution < 1.29 is 0 Å². The average molecular weight is 345 g/mol. The zero-order valence-electron chi connectivity index (χ0n) is 12.2. The van der Waals surface area contributed by atoms with Crippen molar-refractivity contribution in [2.75, 3.05) is 6.54 Å². The third-order valence-electron chi connectivity index (χ3n) is 3.70. The number of hydrogen-bond donors (Lipinski definition) is 2. The smallest absolute Gasteiger partial charge is 0.0456 e. The molecule has 1 aromatic heterocycles. The lowest BCUT2D eigenvalue weighted by Crippen LogP contribution is -2.16. The fourth-order valence-electron chi connectivity index (χ4n) is 2.50. The van der Waals surface area contributed by atoms with E-state index in [0.29, 0.717) is 0 Å². The molecule has 0 saturated carbocycles. The van der Waals surface area contributed by atoms with Crippen LogP contribution in [0.1, 0.15) is 16.7 Å². The van der Waals surface area contributed by atoms with Crippen LogP contribution in [0.15, 0.2) is 54.7 Å². The highest BCUT2D eigenvalue weighted by Gasteiger charge is 2.02. The predicted molar refractivity (Wildman–Crippen MR) is 95.2 cm³/mol. The zero-order valence-corrected chi connectivity index (χ0v) is 13.9. The molecule has 0 spiro atoms. The monoisotopic (exact) mass is 344 g/mol. The van der Waals surface area contributed by atoms with Gasteiger partial charge in [0.15, 0.2) is 0 Å². The number of para-hydroxylation sites is 1.